The van der Waals surface area contributed by atoms with Gasteiger partial charge in [0.2, 0.25) is 0 Å². The van der Waals surface area contributed by atoms with Crippen LogP contribution in [0.25, 0.3) is 0 Å². The summed E-state index contributed by atoms with van der Waals surface area (Å²) in [5, 5.41) is 9.47. The van der Waals surface area contributed by atoms with Gasteiger partial charge in [-0.3, -0.25) is 9.32 Å². The van der Waals surface area contributed by atoms with E-state index in [2.05, 4.69) is 35.1 Å². The fourth-order valence-electron chi connectivity index (χ4n) is 4.30. The average molecular weight is 585 g/mol. The summed E-state index contributed by atoms with van der Waals surface area (Å²) in [5.74, 6) is 11.8. The summed E-state index contributed by atoms with van der Waals surface area (Å²) >= 11 is 0. The van der Waals surface area contributed by atoms with E-state index in [4.69, 9.17) is 14.5 Å². The zero-order chi connectivity index (χ0) is 29.6. The van der Waals surface area contributed by atoms with Crippen molar-refractivity contribution in [3.05, 3.63) is 0 Å². The minimum absolute atomic E-state index is 0.259. The smallest absolute Gasteiger partial charge is 0.463 e. The number of carbonyl (C=O) groups excluding carboxylic acids is 1. The highest BCUT2D eigenvalue weighted by Gasteiger charge is 2.17. The molecule has 40 heavy (non-hydrogen) atoms. The van der Waals surface area contributed by atoms with Gasteiger partial charge < -0.3 is 19.6 Å². The first-order valence-electron chi connectivity index (χ1n) is 15.8. The number of phosphoric acid groups is 1. The molecule has 0 aliphatic heterocycles. The normalized spacial score (nSPS) is 11.8. The standard InChI is InChI=1S/C32H57O7P/c1-2-3-4-5-6-7-8-9-10-11-12-13-14-15-16-17-18-19-20-21-22-23-24-25-26-27-28-32(34)38-29-31(33)30-39-40(35,36)37/h31,33H,2-16,21-30H2,1H3,(H2,35,36,37). The highest BCUT2D eigenvalue weighted by molar-refractivity contribution is 7.46. The SMILES string of the molecule is CCCCCCCCCCCCCCCCC#CC#CCCCCCCCCC(=O)OCC(O)COP(=O)(O)O. The van der Waals surface area contributed by atoms with E-state index in [0.717, 1.165) is 44.9 Å². The van der Waals surface area contributed by atoms with Crippen molar-refractivity contribution in [2.24, 2.45) is 0 Å². The van der Waals surface area contributed by atoms with Crippen molar-refractivity contribution in [1.82, 2.24) is 0 Å². The number of esters is 1. The van der Waals surface area contributed by atoms with Crippen molar-refractivity contribution in [3.8, 4) is 23.7 Å². The van der Waals surface area contributed by atoms with Crippen molar-refractivity contribution in [1.29, 1.82) is 0 Å². The molecule has 0 rings (SSSR count). The largest absolute Gasteiger partial charge is 0.469 e. The van der Waals surface area contributed by atoms with Crippen LogP contribution in [0.15, 0.2) is 0 Å². The number of aliphatic hydroxyl groups excluding tert-OH is 1. The zero-order valence-corrected chi connectivity index (χ0v) is 26.1. The molecule has 232 valence electrons. The van der Waals surface area contributed by atoms with Gasteiger partial charge in [0.1, 0.15) is 12.7 Å². The van der Waals surface area contributed by atoms with Crippen LogP contribution in [0, 0.1) is 23.7 Å². The summed E-state index contributed by atoms with van der Waals surface area (Å²) in [6.45, 7) is 1.34. The van der Waals surface area contributed by atoms with E-state index in [9.17, 15) is 14.5 Å². The summed E-state index contributed by atoms with van der Waals surface area (Å²) in [4.78, 5) is 28.7. The minimum atomic E-state index is -4.64. The van der Waals surface area contributed by atoms with Gasteiger partial charge in [-0.15, -0.1) is 0 Å². The van der Waals surface area contributed by atoms with E-state index in [1.165, 1.54) is 89.9 Å². The number of ether oxygens (including phenoxy) is 1. The first-order chi connectivity index (χ1) is 19.3. The van der Waals surface area contributed by atoms with Gasteiger partial charge in [0, 0.05) is 19.3 Å². The number of carbonyl (C=O) groups is 1. The van der Waals surface area contributed by atoms with E-state index >= 15 is 0 Å². The van der Waals surface area contributed by atoms with Crippen LogP contribution in [0.1, 0.15) is 155 Å². The lowest BCUT2D eigenvalue weighted by molar-refractivity contribution is -0.147. The Bertz CT molecular complexity index is 757. The third-order valence-electron chi connectivity index (χ3n) is 6.70. The second-order valence-electron chi connectivity index (χ2n) is 10.7. The van der Waals surface area contributed by atoms with Crippen LogP contribution in [0.3, 0.4) is 0 Å². The fraction of sp³-hybridized carbons (Fsp3) is 0.844. The maximum Gasteiger partial charge on any atom is 0.469 e. The van der Waals surface area contributed by atoms with Crippen LogP contribution in [-0.2, 0) is 18.6 Å². The maximum absolute atomic E-state index is 11.6. The van der Waals surface area contributed by atoms with Crippen LogP contribution >= 0.6 is 7.82 Å². The lowest BCUT2D eigenvalue weighted by Crippen LogP contribution is -2.23. The molecular formula is C32H57O7P. The Morgan fingerprint density at radius 3 is 1.48 bits per heavy atom. The lowest BCUT2D eigenvalue weighted by atomic mass is 10.0. The molecule has 0 fully saturated rings. The minimum Gasteiger partial charge on any atom is -0.463 e. The summed E-state index contributed by atoms with van der Waals surface area (Å²) in [6, 6.07) is 0. The Labute approximate surface area is 244 Å². The van der Waals surface area contributed by atoms with Crippen molar-refractivity contribution in [2.45, 2.75) is 161 Å². The lowest BCUT2D eigenvalue weighted by Gasteiger charge is -2.12. The second-order valence-corrected chi connectivity index (χ2v) is 11.9. The number of rotatable bonds is 27. The van der Waals surface area contributed by atoms with Gasteiger partial charge in [-0.2, -0.15) is 0 Å². The van der Waals surface area contributed by atoms with E-state index in [-0.39, 0.29) is 13.0 Å². The van der Waals surface area contributed by atoms with Gasteiger partial charge in [0.25, 0.3) is 0 Å². The molecule has 0 aromatic heterocycles. The molecule has 0 aromatic rings. The summed E-state index contributed by atoms with van der Waals surface area (Å²) < 4.78 is 19.6. The highest BCUT2D eigenvalue weighted by atomic mass is 31.2. The van der Waals surface area contributed by atoms with Gasteiger partial charge in [0.05, 0.1) is 6.61 Å². The van der Waals surface area contributed by atoms with Gasteiger partial charge in [-0.05, 0) is 31.1 Å². The van der Waals surface area contributed by atoms with E-state index in [1.807, 2.05) is 0 Å². The van der Waals surface area contributed by atoms with Crippen molar-refractivity contribution >= 4 is 13.8 Å². The molecular weight excluding hydrogens is 527 g/mol. The molecule has 0 amide bonds. The van der Waals surface area contributed by atoms with Crippen molar-refractivity contribution in [3.63, 3.8) is 0 Å². The quantitative estimate of drug-likeness (QED) is 0.0388. The highest BCUT2D eigenvalue weighted by Crippen LogP contribution is 2.35. The van der Waals surface area contributed by atoms with Crippen LogP contribution < -0.4 is 0 Å². The third kappa shape index (κ3) is 32.9. The second kappa shape index (κ2) is 29.2. The van der Waals surface area contributed by atoms with Crippen LogP contribution in [0.4, 0.5) is 0 Å². The molecule has 0 radical (unpaired) electrons. The van der Waals surface area contributed by atoms with Gasteiger partial charge in [0.15, 0.2) is 0 Å². The van der Waals surface area contributed by atoms with Crippen molar-refractivity contribution < 1.29 is 33.5 Å². The van der Waals surface area contributed by atoms with Crippen LogP contribution in [0.5, 0.6) is 0 Å². The number of phosphoric ester groups is 1. The number of aliphatic hydroxyl groups is 1. The predicted octanol–water partition coefficient (Wildman–Crippen LogP) is 8.00. The summed E-state index contributed by atoms with van der Waals surface area (Å²) in [5.41, 5.74) is 0. The van der Waals surface area contributed by atoms with Gasteiger partial charge >= 0.3 is 13.8 Å². The van der Waals surface area contributed by atoms with E-state index in [0.29, 0.717) is 6.42 Å². The molecule has 0 spiro atoms. The first-order valence-corrected chi connectivity index (χ1v) is 17.4. The number of hydrogen-bond donors (Lipinski definition) is 3. The van der Waals surface area contributed by atoms with Crippen LogP contribution in [0.2, 0.25) is 0 Å². The molecule has 1 atom stereocenters. The Kier molecular flexibility index (Phi) is 28.2. The van der Waals surface area contributed by atoms with Crippen molar-refractivity contribution in [2.75, 3.05) is 13.2 Å². The molecule has 7 nitrogen and oxygen atoms in total. The molecule has 1 unspecified atom stereocenters. The number of unbranched alkanes of at least 4 members (excludes halogenated alkanes) is 20. The fourth-order valence-corrected chi connectivity index (χ4v) is 4.67. The summed E-state index contributed by atoms with van der Waals surface area (Å²) in [6.07, 6.45) is 26.0. The van der Waals surface area contributed by atoms with E-state index < -0.39 is 26.5 Å². The van der Waals surface area contributed by atoms with E-state index in [1.54, 1.807) is 0 Å². The maximum atomic E-state index is 11.6. The Morgan fingerprint density at radius 2 is 1.05 bits per heavy atom. The molecule has 0 saturated carbocycles. The Balaban J connectivity index is 3.38. The molecule has 0 aromatic carbocycles. The predicted molar refractivity (Wildman–Crippen MR) is 162 cm³/mol. The molecule has 0 aliphatic carbocycles. The number of hydrogen-bond acceptors (Lipinski definition) is 5. The topological polar surface area (TPSA) is 113 Å². The molecule has 0 bridgehead atoms. The molecule has 0 saturated heterocycles. The van der Waals surface area contributed by atoms with Gasteiger partial charge in [-0.25, -0.2) is 4.57 Å². The van der Waals surface area contributed by atoms with Crippen LogP contribution in [-0.4, -0.2) is 40.2 Å². The monoisotopic (exact) mass is 584 g/mol. The molecule has 0 heterocycles. The first kappa shape index (κ1) is 38.7. The average Bonchev–Trinajstić information content (AvgIpc) is 2.92. The molecule has 3 N–H and O–H groups in total. The third-order valence-corrected chi connectivity index (χ3v) is 7.18. The molecule has 0 aliphatic rings. The molecule has 8 heteroatoms. The Hall–Kier alpha value is -1.34. The summed E-state index contributed by atoms with van der Waals surface area (Å²) in [7, 11) is -4.64. The Morgan fingerprint density at radius 1 is 0.650 bits per heavy atom. The zero-order valence-electron chi connectivity index (χ0n) is 25.2. The van der Waals surface area contributed by atoms with Gasteiger partial charge in [-0.1, -0.05) is 128 Å².